The Morgan fingerprint density at radius 2 is 1.81 bits per heavy atom. The van der Waals surface area contributed by atoms with E-state index in [4.69, 9.17) is 14.5 Å². The number of nitrogens with one attached hydrogen (secondary N) is 1. The molecule has 4 rings (SSSR count). The summed E-state index contributed by atoms with van der Waals surface area (Å²) in [5.74, 6) is 0.527. The van der Waals surface area contributed by atoms with Crippen molar-refractivity contribution < 1.29 is 19.1 Å². The van der Waals surface area contributed by atoms with Gasteiger partial charge in [0.05, 0.1) is 25.3 Å². The lowest BCUT2D eigenvalue weighted by molar-refractivity contribution is 0.102. The number of hydrogen-bond acceptors (Lipinski definition) is 7. The molecule has 37 heavy (non-hydrogen) atoms. The largest absolute Gasteiger partial charge is 0.494 e. The van der Waals surface area contributed by atoms with Gasteiger partial charge in [0.25, 0.3) is 5.91 Å². The second kappa shape index (κ2) is 11.9. The molecule has 1 N–H and O–H groups in total. The standard InChI is InChI=1S/C28H32N4O4S/c1-5-35-22-13-9-20(10-14-22)30-26(33)25-23-15-16-32(28(34)36-6-2)18-24(23)37-27(25)29-17-19-7-11-21(12-8-19)31(3)4/h7-14,17H,5-6,15-16,18H2,1-4H3,(H,30,33). The van der Waals surface area contributed by atoms with Crippen molar-refractivity contribution in [1.82, 2.24) is 4.90 Å². The van der Waals surface area contributed by atoms with Crippen molar-refractivity contribution in [3.63, 3.8) is 0 Å². The Balaban J connectivity index is 1.63. The number of carbonyl (C=O) groups is 2. The molecular formula is C28H32N4O4S. The summed E-state index contributed by atoms with van der Waals surface area (Å²) in [6.45, 7) is 5.51. The quantitative estimate of drug-likeness (QED) is 0.384. The van der Waals surface area contributed by atoms with Crippen LogP contribution in [0, 0.1) is 0 Å². The van der Waals surface area contributed by atoms with Crippen molar-refractivity contribution in [3.8, 4) is 5.75 Å². The lowest BCUT2D eigenvalue weighted by atomic mass is 10.0. The summed E-state index contributed by atoms with van der Waals surface area (Å²) in [6.07, 6.45) is 1.99. The molecule has 8 nitrogen and oxygen atoms in total. The van der Waals surface area contributed by atoms with Gasteiger partial charge in [0.1, 0.15) is 10.8 Å². The number of rotatable bonds is 8. The maximum absolute atomic E-state index is 13.5. The molecule has 0 atom stereocenters. The van der Waals surface area contributed by atoms with Crippen LogP contribution in [0.4, 0.5) is 21.2 Å². The summed E-state index contributed by atoms with van der Waals surface area (Å²) in [6, 6.07) is 15.3. The third-order valence-corrected chi connectivity index (χ3v) is 7.08. The average molecular weight is 521 g/mol. The normalized spacial score (nSPS) is 12.8. The minimum atomic E-state index is -0.340. The van der Waals surface area contributed by atoms with Gasteiger partial charge in [-0.15, -0.1) is 11.3 Å². The van der Waals surface area contributed by atoms with Crippen LogP contribution in [-0.4, -0.2) is 57.0 Å². The highest BCUT2D eigenvalue weighted by molar-refractivity contribution is 7.16. The molecule has 2 amide bonds. The van der Waals surface area contributed by atoms with Crippen molar-refractivity contribution in [2.24, 2.45) is 4.99 Å². The van der Waals surface area contributed by atoms with Crippen molar-refractivity contribution in [2.75, 3.05) is 44.1 Å². The lowest BCUT2D eigenvalue weighted by Gasteiger charge is -2.26. The zero-order chi connectivity index (χ0) is 26.4. The van der Waals surface area contributed by atoms with E-state index < -0.39 is 0 Å². The molecule has 1 aliphatic heterocycles. The average Bonchev–Trinajstić information content (AvgIpc) is 3.27. The van der Waals surface area contributed by atoms with Crippen LogP contribution in [0.2, 0.25) is 0 Å². The highest BCUT2D eigenvalue weighted by atomic mass is 32.1. The molecule has 3 aromatic rings. The van der Waals surface area contributed by atoms with E-state index in [0.29, 0.717) is 49.0 Å². The number of nitrogens with zero attached hydrogens (tertiary/aromatic N) is 3. The van der Waals surface area contributed by atoms with Crippen LogP contribution < -0.4 is 15.0 Å². The summed E-state index contributed by atoms with van der Waals surface area (Å²) < 4.78 is 10.7. The van der Waals surface area contributed by atoms with Gasteiger partial charge in [0.15, 0.2) is 0 Å². The van der Waals surface area contributed by atoms with Gasteiger partial charge < -0.3 is 24.6 Å². The van der Waals surface area contributed by atoms with Crippen LogP contribution in [0.5, 0.6) is 5.75 Å². The van der Waals surface area contributed by atoms with E-state index in [0.717, 1.165) is 27.4 Å². The zero-order valence-corrected chi connectivity index (χ0v) is 22.4. The Bertz CT molecular complexity index is 1270. The fraction of sp³-hybridized carbons (Fsp3) is 0.321. The number of amides is 2. The summed E-state index contributed by atoms with van der Waals surface area (Å²) in [5.41, 5.74) is 4.19. The van der Waals surface area contributed by atoms with Crippen LogP contribution in [0.25, 0.3) is 0 Å². The van der Waals surface area contributed by atoms with Crippen molar-refractivity contribution in [3.05, 3.63) is 70.1 Å². The SMILES string of the molecule is CCOC(=O)N1CCc2c(sc(N=Cc3ccc(N(C)C)cc3)c2C(=O)Nc2ccc(OCC)cc2)C1. The molecule has 0 bridgehead atoms. The molecule has 0 fully saturated rings. The van der Waals surface area contributed by atoms with E-state index in [1.807, 2.05) is 74.4 Å². The van der Waals surface area contributed by atoms with E-state index in [9.17, 15) is 9.59 Å². The number of thiophene rings is 1. The molecule has 1 aliphatic rings. The Labute approximate surface area is 221 Å². The monoisotopic (exact) mass is 520 g/mol. The van der Waals surface area contributed by atoms with Crippen LogP contribution in [-0.2, 0) is 17.7 Å². The highest BCUT2D eigenvalue weighted by Crippen LogP contribution is 2.39. The van der Waals surface area contributed by atoms with Crippen molar-refractivity contribution in [2.45, 2.75) is 26.8 Å². The maximum Gasteiger partial charge on any atom is 0.410 e. The number of aliphatic imine (C=N–C) groups is 1. The summed E-state index contributed by atoms with van der Waals surface area (Å²) in [7, 11) is 3.99. The molecule has 0 spiro atoms. The Kier molecular flexibility index (Phi) is 8.45. The first kappa shape index (κ1) is 26.2. The fourth-order valence-electron chi connectivity index (χ4n) is 4.07. The number of ether oxygens (including phenoxy) is 2. The first-order valence-electron chi connectivity index (χ1n) is 12.3. The molecule has 0 radical (unpaired) electrons. The Morgan fingerprint density at radius 1 is 1.08 bits per heavy atom. The molecule has 0 saturated carbocycles. The number of fused-ring (bicyclic) bond motifs is 1. The van der Waals surface area contributed by atoms with Crippen molar-refractivity contribution in [1.29, 1.82) is 0 Å². The lowest BCUT2D eigenvalue weighted by Crippen LogP contribution is -2.36. The number of benzene rings is 2. The summed E-state index contributed by atoms with van der Waals surface area (Å²) >= 11 is 1.44. The number of anilines is 2. The molecule has 9 heteroatoms. The predicted molar refractivity (Wildman–Crippen MR) is 149 cm³/mol. The van der Waals surface area contributed by atoms with E-state index in [1.54, 1.807) is 18.0 Å². The minimum absolute atomic E-state index is 0.221. The van der Waals surface area contributed by atoms with E-state index in [1.165, 1.54) is 11.3 Å². The molecule has 2 aromatic carbocycles. The van der Waals surface area contributed by atoms with E-state index in [-0.39, 0.29) is 12.0 Å². The molecule has 0 aliphatic carbocycles. The molecule has 194 valence electrons. The first-order valence-corrected chi connectivity index (χ1v) is 13.1. The first-order chi connectivity index (χ1) is 17.9. The smallest absolute Gasteiger partial charge is 0.410 e. The second-order valence-corrected chi connectivity index (χ2v) is 9.79. The van der Waals surface area contributed by atoms with Gasteiger partial charge >= 0.3 is 6.09 Å². The molecule has 0 saturated heterocycles. The third-order valence-electron chi connectivity index (χ3n) is 5.95. The zero-order valence-electron chi connectivity index (χ0n) is 21.6. The van der Waals surface area contributed by atoms with Crippen LogP contribution >= 0.6 is 11.3 Å². The van der Waals surface area contributed by atoms with E-state index >= 15 is 0 Å². The Hall–Kier alpha value is -3.85. The molecule has 1 aromatic heterocycles. The third kappa shape index (κ3) is 6.29. The van der Waals surface area contributed by atoms with Crippen molar-refractivity contribution >= 4 is 45.9 Å². The number of carbonyl (C=O) groups excluding carboxylic acids is 2. The molecule has 2 heterocycles. The van der Waals surface area contributed by atoms with Gasteiger partial charge in [-0.25, -0.2) is 9.79 Å². The van der Waals surface area contributed by atoms with Crippen LogP contribution in [0.3, 0.4) is 0 Å². The highest BCUT2D eigenvalue weighted by Gasteiger charge is 2.30. The van der Waals surface area contributed by atoms with Gasteiger partial charge in [-0.3, -0.25) is 4.79 Å². The Morgan fingerprint density at radius 3 is 2.46 bits per heavy atom. The van der Waals surface area contributed by atoms with Crippen LogP contribution in [0.1, 0.15) is 40.2 Å². The van der Waals surface area contributed by atoms with E-state index in [2.05, 4.69) is 5.32 Å². The van der Waals surface area contributed by atoms with Gasteiger partial charge in [-0.2, -0.15) is 0 Å². The molecule has 0 unspecified atom stereocenters. The predicted octanol–water partition coefficient (Wildman–Crippen LogP) is 5.73. The fourth-order valence-corrected chi connectivity index (χ4v) is 5.28. The molecular weight excluding hydrogens is 488 g/mol. The second-order valence-electron chi connectivity index (χ2n) is 8.71. The van der Waals surface area contributed by atoms with Gasteiger partial charge in [0.2, 0.25) is 0 Å². The summed E-state index contributed by atoms with van der Waals surface area (Å²) in [5, 5.41) is 3.63. The van der Waals surface area contributed by atoms with Crippen LogP contribution in [0.15, 0.2) is 53.5 Å². The topological polar surface area (TPSA) is 83.5 Å². The van der Waals surface area contributed by atoms with Gasteiger partial charge in [-0.05, 0) is 67.8 Å². The maximum atomic E-state index is 13.5. The van der Waals surface area contributed by atoms with Gasteiger partial charge in [-0.1, -0.05) is 12.1 Å². The summed E-state index contributed by atoms with van der Waals surface area (Å²) in [4.78, 5) is 35.2. The van der Waals surface area contributed by atoms with Gasteiger partial charge in [0, 0.05) is 43.1 Å². The number of hydrogen-bond donors (Lipinski definition) is 1. The minimum Gasteiger partial charge on any atom is -0.494 e.